The second-order valence-corrected chi connectivity index (χ2v) is 6.73. The van der Waals surface area contributed by atoms with Crippen molar-refractivity contribution in [2.24, 2.45) is 5.92 Å². The van der Waals surface area contributed by atoms with Gasteiger partial charge >= 0.3 is 0 Å². The van der Waals surface area contributed by atoms with E-state index in [4.69, 9.17) is 0 Å². The van der Waals surface area contributed by atoms with Crippen molar-refractivity contribution in [2.45, 2.75) is 65.5 Å². The average molecular weight is 249 g/mol. The lowest BCUT2D eigenvalue weighted by molar-refractivity contribution is 0.357. The van der Waals surface area contributed by atoms with Crippen LogP contribution in [0.4, 0.5) is 0 Å². The summed E-state index contributed by atoms with van der Waals surface area (Å²) in [4.78, 5) is 4.56. The van der Waals surface area contributed by atoms with Gasteiger partial charge in [0, 0.05) is 17.8 Å². The molecule has 0 aliphatic heterocycles. The van der Waals surface area contributed by atoms with E-state index in [1.54, 1.807) is 0 Å². The molecule has 1 N–H and O–H groups in total. The standard InChI is InChI=1S/C15H27N3/c1-12(9-17-15(2,3)4)10-18-11-16-13-7-5-6-8-14(13)18/h11-12,17H,5-10H2,1-4H3. The molecule has 102 valence electrons. The van der Waals surface area contributed by atoms with Gasteiger partial charge in [0.15, 0.2) is 0 Å². The Labute approximate surface area is 111 Å². The number of hydrogen-bond donors (Lipinski definition) is 1. The maximum atomic E-state index is 4.56. The van der Waals surface area contributed by atoms with E-state index in [0.717, 1.165) is 13.1 Å². The summed E-state index contributed by atoms with van der Waals surface area (Å²) in [7, 11) is 0. The van der Waals surface area contributed by atoms with Crippen molar-refractivity contribution in [3.63, 3.8) is 0 Å². The van der Waals surface area contributed by atoms with Crippen molar-refractivity contribution < 1.29 is 0 Å². The molecule has 0 saturated carbocycles. The van der Waals surface area contributed by atoms with E-state index >= 15 is 0 Å². The Bertz CT molecular complexity index is 387. The van der Waals surface area contributed by atoms with Crippen LogP contribution in [-0.2, 0) is 19.4 Å². The Kier molecular flexibility index (Phi) is 4.10. The summed E-state index contributed by atoms with van der Waals surface area (Å²) in [6, 6.07) is 0. The lowest BCUT2D eigenvalue weighted by Crippen LogP contribution is -2.39. The fourth-order valence-electron chi connectivity index (χ4n) is 2.57. The van der Waals surface area contributed by atoms with Gasteiger partial charge in [-0.15, -0.1) is 0 Å². The molecule has 0 spiro atoms. The first-order valence-electron chi connectivity index (χ1n) is 7.23. The van der Waals surface area contributed by atoms with E-state index < -0.39 is 0 Å². The topological polar surface area (TPSA) is 29.9 Å². The third-order valence-electron chi connectivity index (χ3n) is 3.60. The quantitative estimate of drug-likeness (QED) is 0.889. The third kappa shape index (κ3) is 3.58. The van der Waals surface area contributed by atoms with Gasteiger partial charge in [0.1, 0.15) is 0 Å². The van der Waals surface area contributed by atoms with Gasteiger partial charge < -0.3 is 9.88 Å². The van der Waals surface area contributed by atoms with E-state index in [1.807, 2.05) is 6.33 Å². The number of aromatic nitrogens is 2. The van der Waals surface area contributed by atoms with Crippen molar-refractivity contribution in [3.05, 3.63) is 17.7 Å². The van der Waals surface area contributed by atoms with Crippen molar-refractivity contribution in [1.29, 1.82) is 0 Å². The molecule has 1 heterocycles. The molecule has 0 saturated heterocycles. The molecule has 1 aromatic rings. The molecule has 1 atom stereocenters. The molecule has 18 heavy (non-hydrogen) atoms. The van der Waals surface area contributed by atoms with Crippen molar-refractivity contribution in [2.75, 3.05) is 6.54 Å². The molecular formula is C15H27N3. The minimum Gasteiger partial charge on any atom is -0.334 e. The summed E-state index contributed by atoms with van der Waals surface area (Å²) in [6.07, 6.45) is 7.08. The SMILES string of the molecule is CC(CNC(C)(C)C)Cn1cnc2c1CCCC2. The smallest absolute Gasteiger partial charge is 0.0951 e. The Balaban J connectivity index is 1.91. The molecule has 0 amide bonds. The highest BCUT2D eigenvalue weighted by Gasteiger charge is 2.17. The van der Waals surface area contributed by atoms with Crippen LogP contribution in [0.25, 0.3) is 0 Å². The van der Waals surface area contributed by atoms with Gasteiger partial charge in [0.2, 0.25) is 0 Å². The largest absolute Gasteiger partial charge is 0.334 e. The van der Waals surface area contributed by atoms with Crippen LogP contribution in [0, 0.1) is 5.92 Å². The number of aryl methyl sites for hydroxylation is 1. The average Bonchev–Trinajstić information content (AvgIpc) is 2.70. The van der Waals surface area contributed by atoms with E-state index in [0.29, 0.717) is 5.92 Å². The highest BCUT2D eigenvalue weighted by molar-refractivity contribution is 5.16. The monoisotopic (exact) mass is 249 g/mol. The van der Waals surface area contributed by atoms with Crippen LogP contribution in [0.15, 0.2) is 6.33 Å². The number of nitrogens with one attached hydrogen (secondary N) is 1. The third-order valence-corrected chi connectivity index (χ3v) is 3.60. The summed E-state index contributed by atoms with van der Waals surface area (Å²) in [5, 5.41) is 3.58. The second-order valence-electron chi connectivity index (χ2n) is 6.73. The molecule has 0 fully saturated rings. The maximum absolute atomic E-state index is 4.56. The van der Waals surface area contributed by atoms with E-state index in [-0.39, 0.29) is 5.54 Å². The van der Waals surface area contributed by atoms with Crippen LogP contribution in [-0.4, -0.2) is 21.6 Å². The number of imidazole rings is 1. The van der Waals surface area contributed by atoms with Crippen LogP contribution in [0.2, 0.25) is 0 Å². The lowest BCUT2D eigenvalue weighted by Gasteiger charge is -2.24. The molecule has 1 aliphatic rings. The molecule has 1 aliphatic carbocycles. The minimum absolute atomic E-state index is 0.211. The van der Waals surface area contributed by atoms with E-state index in [9.17, 15) is 0 Å². The predicted molar refractivity (Wildman–Crippen MR) is 75.8 cm³/mol. The highest BCUT2D eigenvalue weighted by atomic mass is 15.1. The van der Waals surface area contributed by atoms with Gasteiger partial charge in [-0.2, -0.15) is 0 Å². The van der Waals surface area contributed by atoms with Gasteiger partial charge in [-0.25, -0.2) is 4.98 Å². The molecule has 3 heteroatoms. The van der Waals surface area contributed by atoms with E-state index in [2.05, 4.69) is 42.6 Å². The second kappa shape index (κ2) is 5.43. The first kappa shape index (κ1) is 13.6. The number of rotatable bonds is 4. The number of nitrogens with zero attached hydrogens (tertiary/aromatic N) is 2. The summed E-state index contributed by atoms with van der Waals surface area (Å²) >= 11 is 0. The predicted octanol–water partition coefficient (Wildman–Crippen LogP) is 2.79. The molecular weight excluding hydrogens is 222 g/mol. The number of hydrogen-bond acceptors (Lipinski definition) is 2. The Morgan fingerprint density at radius 1 is 1.33 bits per heavy atom. The van der Waals surface area contributed by atoms with Crippen LogP contribution >= 0.6 is 0 Å². The highest BCUT2D eigenvalue weighted by Crippen LogP contribution is 2.20. The van der Waals surface area contributed by atoms with Gasteiger partial charge in [-0.3, -0.25) is 0 Å². The van der Waals surface area contributed by atoms with Crippen molar-refractivity contribution in [3.8, 4) is 0 Å². The van der Waals surface area contributed by atoms with Gasteiger partial charge in [-0.05, 0) is 58.9 Å². The first-order chi connectivity index (χ1) is 8.46. The lowest BCUT2D eigenvalue weighted by atomic mass is 10.0. The fourth-order valence-corrected chi connectivity index (χ4v) is 2.57. The Hall–Kier alpha value is -0.830. The van der Waals surface area contributed by atoms with Gasteiger partial charge in [0.05, 0.1) is 12.0 Å². The summed E-state index contributed by atoms with van der Waals surface area (Å²) in [5.41, 5.74) is 3.05. The minimum atomic E-state index is 0.211. The Morgan fingerprint density at radius 3 is 2.78 bits per heavy atom. The molecule has 0 radical (unpaired) electrons. The summed E-state index contributed by atoms with van der Waals surface area (Å²) < 4.78 is 2.38. The zero-order chi connectivity index (χ0) is 13.2. The summed E-state index contributed by atoms with van der Waals surface area (Å²) in [6.45, 7) is 11.1. The molecule has 1 unspecified atom stereocenters. The van der Waals surface area contributed by atoms with Crippen LogP contribution in [0.5, 0.6) is 0 Å². The van der Waals surface area contributed by atoms with Crippen LogP contribution < -0.4 is 5.32 Å². The van der Waals surface area contributed by atoms with Crippen LogP contribution in [0.1, 0.15) is 51.9 Å². The van der Waals surface area contributed by atoms with Crippen molar-refractivity contribution >= 4 is 0 Å². The molecule has 0 bridgehead atoms. The van der Waals surface area contributed by atoms with Crippen LogP contribution in [0.3, 0.4) is 0 Å². The normalized spacial score (nSPS) is 17.6. The number of fused-ring (bicyclic) bond motifs is 1. The molecule has 1 aromatic heterocycles. The fraction of sp³-hybridized carbons (Fsp3) is 0.800. The van der Waals surface area contributed by atoms with E-state index in [1.165, 1.54) is 37.1 Å². The van der Waals surface area contributed by atoms with Gasteiger partial charge in [-0.1, -0.05) is 6.92 Å². The molecule has 0 aromatic carbocycles. The van der Waals surface area contributed by atoms with Gasteiger partial charge in [0.25, 0.3) is 0 Å². The Morgan fingerprint density at radius 2 is 2.06 bits per heavy atom. The maximum Gasteiger partial charge on any atom is 0.0951 e. The zero-order valence-electron chi connectivity index (χ0n) is 12.3. The summed E-state index contributed by atoms with van der Waals surface area (Å²) in [5.74, 6) is 0.643. The molecule has 3 nitrogen and oxygen atoms in total. The van der Waals surface area contributed by atoms with Crippen molar-refractivity contribution in [1.82, 2.24) is 14.9 Å². The molecule has 2 rings (SSSR count). The zero-order valence-corrected chi connectivity index (χ0v) is 12.3. The first-order valence-corrected chi connectivity index (χ1v) is 7.23.